The number of rotatable bonds is 2. The normalized spacial score (nSPS) is 24.4. The summed E-state index contributed by atoms with van der Waals surface area (Å²) in [6, 6.07) is 3.84. The molecule has 0 unspecified atom stereocenters. The standard InChI is InChI=1S/C12H14BrClN2O/c13-10-2-1-7-15-11(10)12(17)16-9-5-3-8(14)4-6-9/h1-2,7-9H,3-6H2,(H,16,17). The molecule has 0 atom stereocenters. The first kappa shape index (κ1) is 12.8. The SMILES string of the molecule is O=C(NC1CCC(Cl)CC1)c1ncccc1Br. The van der Waals surface area contributed by atoms with Gasteiger partial charge in [0, 0.05) is 22.1 Å². The van der Waals surface area contributed by atoms with Gasteiger partial charge >= 0.3 is 0 Å². The molecule has 3 nitrogen and oxygen atoms in total. The van der Waals surface area contributed by atoms with Gasteiger partial charge < -0.3 is 5.32 Å². The van der Waals surface area contributed by atoms with Crippen LogP contribution in [0.1, 0.15) is 36.2 Å². The molecule has 1 aliphatic rings. The third-order valence-corrected chi connectivity index (χ3v) is 4.04. The molecule has 0 bridgehead atoms. The predicted octanol–water partition coefficient (Wildman–Crippen LogP) is 3.12. The van der Waals surface area contributed by atoms with Gasteiger partial charge in [0.05, 0.1) is 0 Å². The summed E-state index contributed by atoms with van der Waals surface area (Å²) in [6.45, 7) is 0. The van der Waals surface area contributed by atoms with Crippen molar-refractivity contribution in [3.63, 3.8) is 0 Å². The lowest BCUT2D eigenvalue weighted by molar-refractivity contribution is 0.0922. The summed E-state index contributed by atoms with van der Waals surface area (Å²) in [5, 5.41) is 3.27. The Morgan fingerprint density at radius 3 is 2.76 bits per heavy atom. The van der Waals surface area contributed by atoms with E-state index in [2.05, 4.69) is 26.2 Å². The summed E-state index contributed by atoms with van der Waals surface area (Å²) in [4.78, 5) is 16.1. The second kappa shape index (κ2) is 5.83. The van der Waals surface area contributed by atoms with Gasteiger partial charge in [0.25, 0.3) is 5.91 Å². The largest absolute Gasteiger partial charge is 0.348 e. The van der Waals surface area contributed by atoms with Gasteiger partial charge in [-0.25, -0.2) is 4.98 Å². The van der Waals surface area contributed by atoms with E-state index in [-0.39, 0.29) is 17.3 Å². The number of alkyl halides is 1. The van der Waals surface area contributed by atoms with E-state index in [1.54, 1.807) is 12.3 Å². The van der Waals surface area contributed by atoms with Crippen LogP contribution in [0.15, 0.2) is 22.8 Å². The fraction of sp³-hybridized carbons (Fsp3) is 0.500. The van der Waals surface area contributed by atoms with E-state index in [1.807, 2.05) is 6.07 Å². The zero-order chi connectivity index (χ0) is 12.3. The maximum Gasteiger partial charge on any atom is 0.271 e. The van der Waals surface area contributed by atoms with Crippen LogP contribution in [0.25, 0.3) is 0 Å². The predicted molar refractivity (Wildman–Crippen MR) is 71.3 cm³/mol. The van der Waals surface area contributed by atoms with Crippen LogP contribution in [-0.2, 0) is 0 Å². The zero-order valence-electron chi connectivity index (χ0n) is 9.33. The lowest BCUT2D eigenvalue weighted by Gasteiger charge is -2.25. The number of halogens is 2. The number of hydrogen-bond acceptors (Lipinski definition) is 2. The number of carbonyl (C=O) groups excluding carboxylic acids is 1. The van der Waals surface area contributed by atoms with Crippen LogP contribution < -0.4 is 5.32 Å². The van der Waals surface area contributed by atoms with Crippen molar-refractivity contribution in [2.75, 3.05) is 0 Å². The minimum absolute atomic E-state index is 0.115. The number of amides is 1. The highest BCUT2D eigenvalue weighted by Crippen LogP contribution is 2.23. The molecule has 0 aromatic carbocycles. The Bertz CT molecular complexity index is 405. The number of pyridine rings is 1. The van der Waals surface area contributed by atoms with Gasteiger partial charge in [0.1, 0.15) is 5.69 Å². The first-order valence-electron chi connectivity index (χ1n) is 5.72. The molecule has 1 aliphatic carbocycles. The topological polar surface area (TPSA) is 42.0 Å². The second-order valence-electron chi connectivity index (χ2n) is 4.26. The average Bonchev–Trinajstić information content (AvgIpc) is 2.32. The molecule has 1 aromatic rings. The van der Waals surface area contributed by atoms with Gasteiger partial charge in [-0.1, -0.05) is 0 Å². The summed E-state index contributed by atoms with van der Waals surface area (Å²) in [5.41, 5.74) is 0.445. The van der Waals surface area contributed by atoms with Gasteiger partial charge in [-0.3, -0.25) is 4.79 Å². The van der Waals surface area contributed by atoms with E-state index in [1.165, 1.54) is 0 Å². The van der Waals surface area contributed by atoms with Crippen molar-refractivity contribution < 1.29 is 4.79 Å². The van der Waals surface area contributed by atoms with E-state index in [0.717, 1.165) is 30.2 Å². The lowest BCUT2D eigenvalue weighted by Crippen LogP contribution is -2.38. The van der Waals surface area contributed by atoms with Crippen molar-refractivity contribution in [1.82, 2.24) is 10.3 Å². The third kappa shape index (κ3) is 3.42. The van der Waals surface area contributed by atoms with Crippen molar-refractivity contribution in [2.24, 2.45) is 0 Å². The molecule has 92 valence electrons. The summed E-state index contributed by atoms with van der Waals surface area (Å²) in [7, 11) is 0. The van der Waals surface area contributed by atoms with Crippen LogP contribution >= 0.6 is 27.5 Å². The lowest BCUT2D eigenvalue weighted by atomic mass is 9.95. The number of nitrogens with zero attached hydrogens (tertiary/aromatic N) is 1. The van der Waals surface area contributed by atoms with E-state index >= 15 is 0 Å². The first-order valence-corrected chi connectivity index (χ1v) is 6.95. The van der Waals surface area contributed by atoms with Gasteiger partial charge in [-0.05, 0) is 53.7 Å². The van der Waals surface area contributed by atoms with Crippen LogP contribution in [-0.4, -0.2) is 22.3 Å². The number of aromatic nitrogens is 1. The highest BCUT2D eigenvalue weighted by atomic mass is 79.9. The highest BCUT2D eigenvalue weighted by Gasteiger charge is 2.22. The number of nitrogens with one attached hydrogen (secondary N) is 1. The maximum atomic E-state index is 12.0. The van der Waals surface area contributed by atoms with E-state index in [9.17, 15) is 4.79 Å². The molecule has 0 spiro atoms. The van der Waals surface area contributed by atoms with Gasteiger partial charge in [0.2, 0.25) is 0 Å². The molecule has 5 heteroatoms. The van der Waals surface area contributed by atoms with Gasteiger partial charge in [-0.15, -0.1) is 11.6 Å². The smallest absolute Gasteiger partial charge is 0.271 e. The molecule has 1 amide bonds. The quantitative estimate of drug-likeness (QED) is 0.852. The highest BCUT2D eigenvalue weighted by molar-refractivity contribution is 9.10. The molecule has 0 saturated heterocycles. The minimum Gasteiger partial charge on any atom is -0.348 e. The first-order chi connectivity index (χ1) is 8.16. The van der Waals surface area contributed by atoms with Gasteiger partial charge in [0.15, 0.2) is 0 Å². The second-order valence-corrected chi connectivity index (χ2v) is 5.73. The molecular weight excluding hydrogens is 304 g/mol. The van der Waals surface area contributed by atoms with E-state index in [0.29, 0.717) is 5.69 Å². The fourth-order valence-corrected chi connectivity index (χ4v) is 2.69. The van der Waals surface area contributed by atoms with Crippen LogP contribution in [0.3, 0.4) is 0 Å². The molecule has 1 heterocycles. The van der Waals surface area contributed by atoms with Crippen LogP contribution in [0.2, 0.25) is 0 Å². The average molecular weight is 318 g/mol. The summed E-state index contributed by atoms with van der Waals surface area (Å²) < 4.78 is 0.725. The number of hydrogen-bond donors (Lipinski definition) is 1. The molecule has 1 N–H and O–H groups in total. The molecule has 0 aliphatic heterocycles. The van der Waals surface area contributed by atoms with Crippen LogP contribution in [0.5, 0.6) is 0 Å². The van der Waals surface area contributed by atoms with Crippen molar-refractivity contribution in [3.05, 3.63) is 28.5 Å². The van der Waals surface area contributed by atoms with E-state index in [4.69, 9.17) is 11.6 Å². The van der Waals surface area contributed by atoms with E-state index < -0.39 is 0 Å². The molecule has 1 aromatic heterocycles. The van der Waals surface area contributed by atoms with Crippen LogP contribution in [0.4, 0.5) is 0 Å². The molecular formula is C12H14BrClN2O. The minimum atomic E-state index is -0.115. The van der Waals surface area contributed by atoms with Crippen LogP contribution in [0, 0.1) is 0 Å². The molecule has 1 saturated carbocycles. The van der Waals surface area contributed by atoms with Crippen molar-refractivity contribution in [1.29, 1.82) is 0 Å². The van der Waals surface area contributed by atoms with Crippen molar-refractivity contribution >= 4 is 33.4 Å². The van der Waals surface area contributed by atoms with Gasteiger partial charge in [-0.2, -0.15) is 0 Å². The Kier molecular flexibility index (Phi) is 4.40. The Morgan fingerprint density at radius 1 is 1.41 bits per heavy atom. The molecule has 2 rings (SSSR count). The monoisotopic (exact) mass is 316 g/mol. The summed E-state index contributed by atoms with van der Waals surface area (Å²) in [5.74, 6) is -0.115. The third-order valence-electron chi connectivity index (χ3n) is 2.97. The Morgan fingerprint density at radius 2 is 2.12 bits per heavy atom. The summed E-state index contributed by atoms with van der Waals surface area (Å²) in [6.07, 6.45) is 5.45. The Labute approximate surface area is 114 Å². The molecule has 17 heavy (non-hydrogen) atoms. The van der Waals surface area contributed by atoms with Crippen molar-refractivity contribution in [2.45, 2.75) is 37.1 Å². The molecule has 0 radical (unpaired) electrons. The fourth-order valence-electron chi connectivity index (χ4n) is 2.00. The Balaban J connectivity index is 1.96. The summed E-state index contributed by atoms with van der Waals surface area (Å²) >= 11 is 9.35. The molecule has 1 fully saturated rings. The number of carbonyl (C=O) groups is 1. The van der Waals surface area contributed by atoms with Crippen molar-refractivity contribution in [3.8, 4) is 0 Å². The maximum absolute atomic E-state index is 12.0. The Hall–Kier alpha value is -0.610. The zero-order valence-corrected chi connectivity index (χ0v) is 11.7.